The third kappa shape index (κ3) is 3.19. The summed E-state index contributed by atoms with van der Waals surface area (Å²) in [5, 5.41) is 0. The van der Waals surface area contributed by atoms with E-state index in [1.54, 1.807) is 48.6 Å². The molecule has 0 aromatic rings. The van der Waals surface area contributed by atoms with Crippen LogP contribution in [0.2, 0.25) is 0 Å². The number of aliphatic imine (C=N–C) groups is 8. The zero-order valence-corrected chi connectivity index (χ0v) is 12.2. The highest BCUT2D eigenvalue weighted by Gasteiger charge is 2.13. The van der Waals surface area contributed by atoms with Crippen LogP contribution in [0.4, 0.5) is 0 Å². The molecule has 0 N–H and O–H groups in total. The number of hydrogen-bond acceptors (Lipinski definition) is 8. The van der Waals surface area contributed by atoms with Gasteiger partial charge in [-0.15, -0.1) is 0 Å². The summed E-state index contributed by atoms with van der Waals surface area (Å²) < 4.78 is 0. The largest absolute Gasteiger partial charge is 0.316 e. The van der Waals surface area contributed by atoms with E-state index in [4.69, 9.17) is 0 Å². The third-order valence-corrected chi connectivity index (χ3v) is 3.36. The minimum absolute atomic E-state index is 0. The molecule has 0 radical (unpaired) electrons. The Morgan fingerprint density at radius 2 is 0.400 bits per heavy atom. The molecule has 5 heterocycles. The Morgan fingerprint density at radius 1 is 0.280 bits per heavy atom. The summed E-state index contributed by atoms with van der Waals surface area (Å²) >= 11 is 0. The highest BCUT2D eigenvalue weighted by Crippen LogP contribution is 2.10. The molecule has 0 fully saturated rings. The SMILES string of the molecule is C1=C/C2=N/C3=NC(=N\C4=NC(=N\C5=NC(=N\C1=N2)/C=C5)/C=C4)/C=C3.[MgH2]. The fraction of sp³-hybridized carbons (Fsp3) is 0. The molecule has 0 amide bonds. The van der Waals surface area contributed by atoms with Crippen LogP contribution in [0.15, 0.2) is 88.5 Å². The van der Waals surface area contributed by atoms with Gasteiger partial charge in [-0.2, -0.15) is 0 Å². The maximum atomic E-state index is 4.37. The second-order valence-corrected chi connectivity index (χ2v) is 5.09. The van der Waals surface area contributed by atoms with Crippen LogP contribution < -0.4 is 0 Å². The van der Waals surface area contributed by atoms with Crippen molar-refractivity contribution < 1.29 is 0 Å². The molecule has 5 aliphatic rings. The first-order valence-electron chi connectivity index (χ1n) is 7.22. The summed E-state index contributed by atoms with van der Waals surface area (Å²) in [4.78, 5) is 34.8. The highest BCUT2D eigenvalue weighted by atomic mass is 24.3. The number of rotatable bonds is 0. The number of nitrogens with zero attached hydrogens (tertiary/aromatic N) is 8. The van der Waals surface area contributed by atoms with Crippen molar-refractivity contribution in [3.8, 4) is 0 Å². The van der Waals surface area contributed by atoms with Gasteiger partial charge in [0.25, 0.3) is 0 Å². The quantitative estimate of drug-likeness (QED) is 0.576. The van der Waals surface area contributed by atoms with Gasteiger partial charge in [0.15, 0.2) is 46.7 Å². The van der Waals surface area contributed by atoms with E-state index in [-0.39, 0.29) is 23.1 Å². The van der Waals surface area contributed by atoms with Crippen LogP contribution in [0, 0.1) is 0 Å². The van der Waals surface area contributed by atoms with Crippen molar-refractivity contribution >= 4 is 69.7 Å². The van der Waals surface area contributed by atoms with Gasteiger partial charge < -0.3 is 0 Å². The van der Waals surface area contributed by atoms with Crippen molar-refractivity contribution in [1.29, 1.82) is 0 Å². The zero-order valence-electron chi connectivity index (χ0n) is 12.2. The van der Waals surface area contributed by atoms with E-state index in [0.29, 0.717) is 46.7 Å². The molecule has 0 saturated carbocycles. The fourth-order valence-corrected chi connectivity index (χ4v) is 2.33. The number of amidine groups is 8. The molecule has 0 atom stereocenters. The average molecular weight is 339 g/mol. The molecular weight excluding hydrogens is 329 g/mol. The topological polar surface area (TPSA) is 98.9 Å². The molecule has 0 aromatic heterocycles. The minimum Gasteiger partial charge on any atom is -0.209 e. The van der Waals surface area contributed by atoms with Gasteiger partial charge in [0.05, 0.1) is 0 Å². The maximum absolute atomic E-state index is 4.37. The molecule has 8 nitrogen and oxygen atoms in total. The smallest absolute Gasteiger partial charge is 0.209 e. The van der Waals surface area contributed by atoms with Crippen LogP contribution in [0.25, 0.3) is 0 Å². The van der Waals surface area contributed by atoms with Gasteiger partial charge in [0.2, 0.25) is 0 Å². The summed E-state index contributed by atoms with van der Waals surface area (Å²) in [6, 6.07) is 0. The van der Waals surface area contributed by atoms with Gasteiger partial charge in [0.1, 0.15) is 0 Å². The molecule has 0 saturated heterocycles. The Balaban J connectivity index is 0.00000157. The summed E-state index contributed by atoms with van der Waals surface area (Å²) in [7, 11) is 0. The lowest BCUT2D eigenvalue weighted by atomic mass is 10.4. The maximum Gasteiger partial charge on any atom is 0.316 e. The highest BCUT2D eigenvalue weighted by molar-refractivity contribution is 6.28. The molecule has 0 spiro atoms. The van der Waals surface area contributed by atoms with Crippen molar-refractivity contribution in [2.75, 3.05) is 0 Å². The third-order valence-electron chi connectivity index (χ3n) is 3.36. The van der Waals surface area contributed by atoms with Gasteiger partial charge in [-0.1, -0.05) is 0 Å². The zero-order chi connectivity index (χ0) is 15.9. The lowest BCUT2D eigenvalue weighted by molar-refractivity contribution is 1.50. The Labute approximate surface area is 158 Å². The fourth-order valence-electron chi connectivity index (χ4n) is 2.33. The van der Waals surface area contributed by atoms with E-state index in [9.17, 15) is 0 Å². The Kier molecular flexibility index (Phi) is 3.86. The van der Waals surface area contributed by atoms with Crippen LogP contribution in [0.1, 0.15) is 0 Å². The molecule has 0 aromatic carbocycles. The first kappa shape index (κ1) is 15.6. The number of hydrogen-bond donors (Lipinski definition) is 0. The predicted octanol–water partition coefficient (Wildman–Crippen LogP) is 0.551. The molecule has 5 aliphatic heterocycles. The van der Waals surface area contributed by atoms with E-state index < -0.39 is 0 Å². The second-order valence-electron chi connectivity index (χ2n) is 5.09. The van der Waals surface area contributed by atoms with E-state index in [2.05, 4.69) is 39.9 Å². The molecule has 0 aliphatic carbocycles. The first-order valence-corrected chi connectivity index (χ1v) is 7.22. The van der Waals surface area contributed by atoms with E-state index in [1.165, 1.54) is 0 Å². The summed E-state index contributed by atoms with van der Waals surface area (Å²) in [5.74, 6) is 4.30. The van der Waals surface area contributed by atoms with Gasteiger partial charge >= 0.3 is 23.1 Å². The van der Waals surface area contributed by atoms with Gasteiger partial charge in [-0.3, -0.25) is 0 Å². The van der Waals surface area contributed by atoms with Crippen molar-refractivity contribution in [1.82, 2.24) is 0 Å². The summed E-state index contributed by atoms with van der Waals surface area (Å²) in [5.41, 5.74) is 0. The van der Waals surface area contributed by atoms with Crippen LogP contribution in [-0.2, 0) is 0 Å². The van der Waals surface area contributed by atoms with Gasteiger partial charge in [-0.25, -0.2) is 39.9 Å². The van der Waals surface area contributed by atoms with Crippen LogP contribution in [0.3, 0.4) is 0 Å². The molecule has 9 heteroatoms. The normalized spacial score (nSPS) is 30.1. The molecule has 0 unspecified atom stereocenters. The molecule has 5 rings (SSSR count). The van der Waals surface area contributed by atoms with Gasteiger partial charge in [0, 0.05) is 0 Å². The van der Waals surface area contributed by atoms with Crippen molar-refractivity contribution in [3.05, 3.63) is 48.6 Å². The van der Waals surface area contributed by atoms with E-state index >= 15 is 0 Å². The number of fused-ring (bicyclic) bond motifs is 4. The minimum atomic E-state index is 0. The second kappa shape index (κ2) is 6.19. The van der Waals surface area contributed by atoms with Gasteiger partial charge in [-0.05, 0) is 48.6 Å². The molecule has 116 valence electrons. The average Bonchev–Trinajstić information content (AvgIpc) is 3.32. The Morgan fingerprint density at radius 3 is 0.520 bits per heavy atom. The predicted molar refractivity (Wildman–Crippen MR) is 105 cm³/mol. The molecule has 8 bridgehead atoms. The summed E-state index contributed by atoms with van der Waals surface area (Å²) in [6.45, 7) is 0. The summed E-state index contributed by atoms with van der Waals surface area (Å²) in [6.07, 6.45) is 14.2. The first-order chi connectivity index (χ1) is 11.8. The Hall–Kier alpha value is -2.91. The van der Waals surface area contributed by atoms with Crippen LogP contribution >= 0.6 is 0 Å². The lowest BCUT2D eigenvalue weighted by Crippen LogP contribution is -1.98. The van der Waals surface area contributed by atoms with Crippen LogP contribution in [-0.4, -0.2) is 69.7 Å². The van der Waals surface area contributed by atoms with Crippen molar-refractivity contribution in [2.45, 2.75) is 0 Å². The molecular formula is C16H10MgN8. The monoisotopic (exact) mass is 338 g/mol. The van der Waals surface area contributed by atoms with Crippen molar-refractivity contribution in [2.24, 2.45) is 39.9 Å². The lowest BCUT2D eigenvalue weighted by Gasteiger charge is -1.92. The van der Waals surface area contributed by atoms with Crippen molar-refractivity contribution in [3.63, 3.8) is 0 Å². The Bertz CT molecular complexity index is 854. The van der Waals surface area contributed by atoms with Crippen LogP contribution in [0.5, 0.6) is 0 Å². The standard InChI is InChI=1S/C16H8N8.Mg.2H/c1-2-10-17-9(1)21-11-3-4-13(18-11)23-15-7-8-16(20-15)24-14-6-5-12(19-14)22-10;;;/h1-8H;;;/b21-9-,21-11?,22-10?,22-12-,23-13-,23-15?,24-14?,24-16-;;;. The van der Waals surface area contributed by atoms with E-state index in [1.807, 2.05) is 0 Å². The molecule has 25 heavy (non-hydrogen) atoms. The van der Waals surface area contributed by atoms with E-state index in [0.717, 1.165) is 0 Å².